The fraction of sp³-hybridized carbons (Fsp3) is 0.500. The first-order chi connectivity index (χ1) is 13.1. The van der Waals surface area contributed by atoms with Crippen molar-refractivity contribution in [2.75, 3.05) is 20.8 Å². The van der Waals surface area contributed by atoms with Crippen molar-refractivity contribution in [3.8, 4) is 17.2 Å². The number of thioether (sulfide) groups is 1. The second-order valence-corrected chi connectivity index (χ2v) is 7.76. The summed E-state index contributed by atoms with van der Waals surface area (Å²) in [5.74, 6) is 1.99. The highest BCUT2D eigenvalue weighted by molar-refractivity contribution is 8.18. The quantitative estimate of drug-likeness (QED) is 0.696. The highest BCUT2D eigenvalue weighted by Crippen LogP contribution is 2.40. The van der Waals surface area contributed by atoms with Gasteiger partial charge in [0.1, 0.15) is 0 Å². The Morgan fingerprint density at radius 2 is 1.78 bits per heavy atom. The minimum absolute atomic E-state index is 0.343. The van der Waals surface area contributed by atoms with Gasteiger partial charge in [-0.3, -0.25) is 14.9 Å². The monoisotopic (exact) mass is 391 g/mol. The van der Waals surface area contributed by atoms with Gasteiger partial charge in [0.15, 0.2) is 11.5 Å². The lowest BCUT2D eigenvalue weighted by Gasteiger charge is -2.22. The Balaban J connectivity index is 1.74. The Bertz CT molecular complexity index is 715. The first kappa shape index (κ1) is 19.6. The topological polar surface area (TPSA) is 73.9 Å². The van der Waals surface area contributed by atoms with E-state index in [0.29, 0.717) is 34.3 Å². The fourth-order valence-electron chi connectivity index (χ4n) is 3.50. The van der Waals surface area contributed by atoms with Gasteiger partial charge in [-0.05, 0) is 47.9 Å². The van der Waals surface area contributed by atoms with Crippen LogP contribution in [0, 0.1) is 5.92 Å². The van der Waals surface area contributed by atoms with Crippen LogP contribution in [0.1, 0.15) is 44.1 Å². The Hall–Kier alpha value is -2.15. The van der Waals surface area contributed by atoms with E-state index in [2.05, 4.69) is 5.32 Å². The van der Waals surface area contributed by atoms with Gasteiger partial charge in [-0.15, -0.1) is 0 Å². The molecular weight excluding hydrogens is 366 g/mol. The lowest BCUT2D eigenvalue weighted by atomic mass is 9.87. The Labute approximate surface area is 163 Å². The molecule has 0 atom stereocenters. The zero-order valence-electron chi connectivity index (χ0n) is 15.7. The van der Waals surface area contributed by atoms with Gasteiger partial charge in [0.05, 0.1) is 25.7 Å². The van der Waals surface area contributed by atoms with E-state index in [1.54, 1.807) is 32.4 Å². The number of carbonyl (C=O) groups excluding carboxylic acids is 2. The molecule has 7 heteroatoms. The van der Waals surface area contributed by atoms with Crippen LogP contribution in [0.3, 0.4) is 0 Å². The summed E-state index contributed by atoms with van der Waals surface area (Å²) in [5.41, 5.74) is 0.704. The number of ether oxygens (including phenoxy) is 3. The van der Waals surface area contributed by atoms with Gasteiger partial charge >= 0.3 is 0 Å². The van der Waals surface area contributed by atoms with Crippen molar-refractivity contribution in [2.24, 2.45) is 5.92 Å². The molecule has 6 nitrogen and oxygen atoms in total. The Morgan fingerprint density at radius 3 is 2.33 bits per heavy atom. The molecule has 2 amide bonds. The van der Waals surface area contributed by atoms with E-state index in [1.807, 2.05) is 0 Å². The average Bonchev–Trinajstić information content (AvgIpc) is 2.99. The first-order valence-corrected chi connectivity index (χ1v) is 10.1. The van der Waals surface area contributed by atoms with Gasteiger partial charge in [-0.2, -0.15) is 0 Å². The fourth-order valence-corrected chi connectivity index (χ4v) is 4.18. The first-order valence-electron chi connectivity index (χ1n) is 9.24. The predicted molar refractivity (Wildman–Crippen MR) is 105 cm³/mol. The number of methoxy groups -OCH3 is 2. The van der Waals surface area contributed by atoms with Crippen LogP contribution in [0.25, 0.3) is 6.08 Å². The molecule has 3 rings (SSSR count). The van der Waals surface area contributed by atoms with Crippen molar-refractivity contribution in [3.63, 3.8) is 0 Å². The van der Waals surface area contributed by atoms with Gasteiger partial charge in [0, 0.05) is 0 Å². The number of nitrogens with one attached hydrogen (secondary N) is 1. The molecule has 0 aromatic heterocycles. The summed E-state index contributed by atoms with van der Waals surface area (Å²) in [6, 6.07) is 3.56. The van der Waals surface area contributed by atoms with Gasteiger partial charge < -0.3 is 14.2 Å². The van der Waals surface area contributed by atoms with Crippen LogP contribution < -0.4 is 19.5 Å². The minimum atomic E-state index is -0.393. The van der Waals surface area contributed by atoms with Crippen molar-refractivity contribution in [1.82, 2.24) is 5.32 Å². The molecule has 1 aromatic rings. The highest BCUT2D eigenvalue weighted by Gasteiger charge is 2.25. The molecule has 1 N–H and O–H groups in total. The van der Waals surface area contributed by atoms with Crippen molar-refractivity contribution < 1.29 is 23.8 Å². The second-order valence-electron chi connectivity index (χ2n) is 6.75. The van der Waals surface area contributed by atoms with E-state index in [-0.39, 0.29) is 5.24 Å². The van der Waals surface area contributed by atoms with E-state index in [0.717, 1.165) is 24.1 Å². The number of amides is 2. The molecule has 146 valence electrons. The zero-order valence-corrected chi connectivity index (χ0v) is 16.5. The van der Waals surface area contributed by atoms with Crippen LogP contribution in [0.4, 0.5) is 4.79 Å². The van der Waals surface area contributed by atoms with Gasteiger partial charge in [-0.1, -0.05) is 32.1 Å². The van der Waals surface area contributed by atoms with E-state index in [9.17, 15) is 9.59 Å². The van der Waals surface area contributed by atoms with Gasteiger partial charge in [0.25, 0.3) is 11.1 Å². The molecule has 1 heterocycles. The number of hydrogen-bond acceptors (Lipinski definition) is 6. The number of hydrogen-bond donors (Lipinski definition) is 1. The van der Waals surface area contributed by atoms with Gasteiger partial charge in [0.2, 0.25) is 5.75 Å². The zero-order chi connectivity index (χ0) is 19.2. The molecule has 27 heavy (non-hydrogen) atoms. The van der Waals surface area contributed by atoms with Crippen LogP contribution in [0.5, 0.6) is 17.2 Å². The summed E-state index contributed by atoms with van der Waals surface area (Å²) in [6.07, 6.45) is 9.20. The van der Waals surface area contributed by atoms with Crippen molar-refractivity contribution in [2.45, 2.75) is 38.5 Å². The van der Waals surface area contributed by atoms with Crippen LogP contribution in [-0.4, -0.2) is 32.0 Å². The molecule has 2 fully saturated rings. The molecule has 0 unspecified atom stereocenters. The average molecular weight is 391 g/mol. The van der Waals surface area contributed by atoms with Crippen LogP contribution >= 0.6 is 11.8 Å². The largest absolute Gasteiger partial charge is 0.493 e. The van der Waals surface area contributed by atoms with E-state index in [4.69, 9.17) is 14.2 Å². The lowest BCUT2D eigenvalue weighted by Crippen LogP contribution is -2.17. The van der Waals surface area contributed by atoms with Crippen LogP contribution in [0.15, 0.2) is 17.0 Å². The normalized spacial score (nSPS) is 19.3. The summed E-state index contributed by atoms with van der Waals surface area (Å²) >= 11 is 0.878. The van der Waals surface area contributed by atoms with Crippen molar-refractivity contribution in [1.29, 1.82) is 0 Å². The lowest BCUT2D eigenvalue weighted by molar-refractivity contribution is -0.115. The van der Waals surface area contributed by atoms with E-state index in [1.165, 1.54) is 32.1 Å². The maximum atomic E-state index is 11.7. The maximum Gasteiger partial charge on any atom is 0.290 e. The molecule has 0 spiro atoms. The maximum absolute atomic E-state index is 11.7. The second kappa shape index (κ2) is 9.17. The number of rotatable bonds is 7. The summed E-state index contributed by atoms with van der Waals surface area (Å²) in [4.78, 5) is 23.4. The van der Waals surface area contributed by atoms with Crippen LogP contribution in [0.2, 0.25) is 0 Å². The standard InChI is InChI=1S/C20H25NO5S/c1-24-15-10-14(12-17-19(22)21-20(23)27-17)11-16(25-2)18(15)26-9-8-13-6-4-3-5-7-13/h10-13H,3-9H2,1-2H3,(H,21,22,23)/b17-12-. The van der Waals surface area contributed by atoms with Crippen molar-refractivity contribution >= 4 is 29.0 Å². The van der Waals surface area contributed by atoms with Crippen LogP contribution in [-0.2, 0) is 4.79 Å². The summed E-state index contributed by atoms with van der Waals surface area (Å²) < 4.78 is 17.0. The molecular formula is C20H25NO5S. The number of carbonyl (C=O) groups is 2. The number of imide groups is 1. The molecule has 1 saturated heterocycles. The van der Waals surface area contributed by atoms with Gasteiger partial charge in [-0.25, -0.2) is 0 Å². The molecule has 0 radical (unpaired) electrons. The summed E-state index contributed by atoms with van der Waals surface area (Å²) in [5, 5.41) is 1.88. The third-order valence-electron chi connectivity index (χ3n) is 4.92. The molecule has 1 aliphatic carbocycles. The van der Waals surface area contributed by atoms with Crippen molar-refractivity contribution in [3.05, 3.63) is 22.6 Å². The molecule has 1 saturated carbocycles. The molecule has 1 aliphatic heterocycles. The summed E-state index contributed by atoms with van der Waals surface area (Å²) in [6.45, 7) is 0.616. The molecule has 2 aliphatic rings. The third-order valence-corrected chi connectivity index (χ3v) is 5.73. The molecule has 0 bridgehead atoms. The minimum Gasteiger partial charge on any atom is -0.493 e. The SMILES string of the molecule is COc1cc(/C=C2\SC(=O)NC2=O)cc(OC)c1OCCC1CCCCC1. The third kappa shape index (κ3) is 4.97. The smallest absolute Gasteiger partial charge is 0.290 e. The van der Waals surface area contributed by atoms with E-state index >= 15 is 0 Å². The molecule has 1 aromatic carbocycles. The van der Waals surface area contributed by atoms with E-state index < -0.39 is 5.91 Å². The summed E-state index contributed by atoms with van der Waals surface area (Å²) in [7, 11) is 3.14. The highest BCUT2D eigenvalue weighted by atomic mass is 32.2. The Morgan fingerprint density at radius 1 is 1.11 bits per heavy atom. The number of benzene rings is 1. The predicted octanol–water partition coefficient (Wildman–Crippen LogP) is 4.38. The Kier molecular flexibility index (Phi) is 6.66.